The van der Waals surface area contributed by atoms with Crippen LogP contribution in [0.3, 0.4) is 0 Å². The lowest BCUT2D eigenvalue weighted by Gasteiger charge is -2.38. The Kier molecular flexibility index (Phi) is 4.88. The maximum Gasteiger partial charge on any atom is 0.124 e. The van der Waals surface area contributed by atoms with E-state index in [4.69, 9.17) is 9.97 Å². The highest BCUT2D eigenvalue weighted by atomic mass is 15.3. The number of fused-ring (bicyclic) bond motifs is 2. The highest BCUT2D eigenvalue weighted by Gasteiger charge is 2.33. The Hall–Kier alpha value is -2.90. The quantitative estimate of drug-likeness (QED) is 0.536. The number of hydrogen-bond donors (Lipinski definition) is 1. The standard InChI is InChI=1S/C25H31N7/c1-29-14-16-32(17-15-29)20-8-3-6-18-23(20)28-25(27-18)22-9-4-7-19(30(22)2)24-21-10-5-12-31(21)13-11-26-24/h3,5-6,8,10-13,19,22H,4,7,9,14-17H2,1-2H3,(H,27,28)/t19?,22-/m1/s1. The molecule has 7 nitrogen and oxygen atoms in total. The third kappa shape index (κ3) is 3.27. The molecule has 0 radical (unpaired) electrons. The summed E-state index contributed by atoms with van der Waals surface area (Å²) in [7, 11) is 4.43. The van der Waals surface area contributed by atoms with E-state index in [2.05, 4.69) is 74.7 Å². The van der Waals surface area contributed by atoms with Crippen LogP contribution in [0.2, 0.25) is 0 Å². The van der Waals surface area contributed by atoms with Crippen molar-refractivity contribution in [3.63, 3.8) is 0 Å². The van der Waals surface area contributed by atoms with Crippen LogP contribution in [0.15, 0.2) is 48.9 Å². The molecule has 0 amide bonds. The van der Waals surface area contributed by atoms with Gasteiger partial charge in [-0.3, -0.25) is 9.88 Å². The summed E-state index contributed by atoms with van der Waals surface area (Å²) in [6.45, 7) is 4.32. The molecule has 1 N–H and O–H groups in total. The molecule has 2 aliphatic heterocycles. The Morgan fingerprint density at radius 1 is 0.938 bits per heavy atom. The molecule has 7 heteroatoms. The Balaban J connectivity index is 1.33. The number of para-hydroxylation sites is 1. The van der Waals surface area contributed by atoms with Gasteiger partial charge in [0.05, 0.1) is 40.0 Å². The van der Waals surface area contributed by atoms with Gasteiger partial charge in [-0.25, -0.2) is 4.98 Å². The molecule has 2 fully saturated rings. The molecule has 2 atom stereocenters. The zero-order chi connectivity index (χ0) is 21.7. The molecule has 3 aromatic heterocycles. The summed E-state index contributed by atoms with van der Waals surface area (Å²) in [6.07, 6.45) is 9.45. The molecule has 6 rings (SSSR count). The van der Waals surface area contributed by atoms with Crippen LogP contribution < -0.4 is 4.90 Å². The van der Waals surface area contributed by atoms with E-state index < -0.39 is 0 Å². The summed E-state index contributed by atoms with van der Waals surface area (Å²) in [5.41, 5.74) is 5.89. The van der Waals surface area contributed by atoms with Crippen molar-refractivity contribution >= 4 is 22.2 Å². The van der Waals surface area contributed by atoms with E-state index in [-0.39, 0.29) is 12.1 Å². The van der Waals surface area contributed by atoms with Crippen LogP contribution in [0, 0.1) is 0 Å². The monoisotopic (exact) mass is 429 g/mol. The predicted octanol–water partition coefficient (Wildman–Crippen LogP) is 3.86. The minimum atomic E-state index is 0.263. The highest BCUT2D eigenvalue weighted by molar-refractivity contribution is 5.89. The smallest absolute Gasteiger partial charge is 0.124 e. The van der Waals surface area contributed by atoms with Gasteiger partial charge in [0.25, 0.3) is 0 Å². The Morgan fingerprint density at radius 3 is 2.66 bits per heavy atom. The van der Waals surface area contributed by atoms with Crippen molar-refractivity contribution in [3.05, 3.63) is 60.4 Å². The third-order valence-corrected chi connectivity index (χ3v) is 7.41. The molecule has 1 aromatic carbocycles. The topological polar surface area (TPSA) is 55.7 Å². The first-order chi connectivity index (χ1) is 15.7. The van der Waals surface area contributed by atoms with Gasteiger partial charge in [0, 0.05) is 44.8 Å². The predicted molar refractivity (Wildman–Crippen MR) is 128 cm³/mol. The number of piperazine rings is 1. The normalized spacial score (nSPS) is 23.4. The first kappa shape index (κ1) is 19.8. The number of benzene rings is 1. The molecule has 2 saturated heterocycles. The lowest BCUT2D eigenvalue weighted by Crippen LogP contribution is -2.44. The van der Waals surface area contributed by atoms with Crippen LogP contribution in [0.1, 0.15) is 42.9 Å². The minimum Gasteiger partial charge on any atom is -0.367 e. The van der Waals surface area contributed by atoms with Crippen molar-refractivity contribution in [1.29, 1.82) is 0 Å². The molecule has 5 heterocycles. The number of H-pyrrole nitrogens is 1. The van der Waals surface area contributed by atoms with E-state index in [1.807, 2.05) is 12.4 Å². The van der Waals surface area contributed by atoms with Crippen molar-refractivity contribution in [3.8, 4) is 0 Å². The van der Waals surface area contributed by atoms with Gasteiger partial charge in [-0.05, 0) is 57.6 Å². The first-order valence-electron chi connectivity index (χ1n) is 11.7. The molecule has 4 aromatic rings. The van der Waals surface area contributed by atoms with Crippen molar-refractivity contribution in [2.24, 2.45) is 0 Å². The number of likely N-dealkylation sites (N-methyl/N-ethyl adjacent to an activating group) is 1. The fraction of sp³-hybridized carbons (Fsp3) is 0.440. The van der Waals surface area contributed by atoms with Crippen molar-refractivity contribution in [2.45, 2.75) is 31.3 Å². The van der Waals surface area contributed by atoms with Gasteiger partial charge in [0.2, 0.25) is 0 Å². The SMILES string of the molecule is CN1CCN(c2cccc3nc([C@H]4CCCC(c5nccn6cccc56)N4C)[nH]c23)CC1. The third-order valence-electron chi connectivity index (χ3n) is 7.41. The number of imidazole rings is 1. The number of nitrogens with one attached hydrogen (secondary N) is 1. The zero-order valence-electron chi connectivity index (χ0n) is 18.9. The number of aromatic amines is 1. The number of aromatic nitrogens is 4. The summed E-state index contributed by atoms with van der Waals surface area (Å²) in [4.78, 5) is 21.0. The molecular formula is C25H31N7. The lowest BCUT2D eigenvalue weighted by atomic mass is 9.93. The Morgan fingerprint density at radius 2 is 1.78 bits per heavy atom. The van der Waals surface area contributed by atoms with Gasteiger partial charge in [-0.15, -0.1) is 0 Å². The second-order valence-electron chi connectivity index (χ2n) is 9.32. The van der Waals surface area contributed by atoms with E-state index in [1.165, 1.54) is 28.8 Å². The summed E-state index contributed by atoms with van der Waals surface area (Å²) < 4.78 is 2.17. The fourth-order valence-corrected chi connectivity index (χ4v) is 5.54. The van der Waals surface area contributed by atoms with Gasteiger partial charge in [0.15, 0.2) is 0 Å². The second kappa shape index (κ2) is 7.90. The maximum absolute atomic E-state index is 5.08. The molecule has 0 saturated carbocycles. The van der Waals surface area contributed by atoms with Crippen molar-refractivity contribution in [1.82, 2.24) is 29.2 Å². The summed E-state index contributed by atoms with van der Waals surface area (Å²) in [6, 6.07) is 11.3. The van der Waals surface area contributed by atoms with Crippen molar-refractivity contribution in [2.75, 3.05) is 45.2 Å². The summed E-state index contributed by atoms with van der Waals surface area (Å²) >= 11 is 0. The first-order valence-corrected chi connectivity index (χ1v) is 11.7. The molecule has 0 spiro atoms. The molecule has 0 bridgehead atoms. The van der Waals surface area contributed by atoms with Gasteiger partial charge in [-0.1, -0.05) is 6.07 Å². The molecule has 32 heavy (non-hydrogen) atoms. The Bertz CT molecular complexity index is 1230. The molecule has 0 aliphatic carbocycles. The number of likely N-dealkylation sites (tertiary alicyclic amines) is 1. The van der Waals surface area contributed by atoms with Gasteiger partial charge in [0.1, 0.15) is 5.82 Å². The average molecular weight is 430 g/mol. The number of piperidine rings is 1. The van der Waals surface area contributed by atoms with E-state index in [0.717, 1.165) is 50.4 Å². The van der Waals surface area contributed by atoms with E-state index in [9.17, 15) is 0 Å². The van der Waals surface area contributed by atoms with Crippen LogP contribution >= 0.6 is 0 Å². The fourth-order valence-electron chi connectivity index (χ4n) is 5.54. The molecule has 1 unspecified atom stereocenters. The second-order valence-corrected chi connectivity index (χ2v) is 9.32. The lowest BCUT2D eigenvalue weighted by molar-refractivity contribution is 0.108. The molecule has 2 aliphatic rings. The molecule has 166 valence electrons. The number of hydrogen-bond acceptors (Lipinski definition) is 5. The van der Waals surface area contributed by atoms with Gasteiger partial charge < -0.3 is 19.2 Å². The Labute approximate surface area is 188 Å². The van der Waals surface area contributed by atoms with Crippen LogP contribution in [-0.2, 0) is 0 Å². The average Bonchev–Trinajstić information content (AvgIpc) is 3.47. The number of rotatable bonds is 3. The van der Waals surface area contributed by atoms with Gasteiger partial charge in [-0.2, -0.15) is 0 Å². The minimum absolute atomic E-state index is 0.263. The van der Waals surface area contributed by atoms with E-state index in [0.29, 0.717) is 0 Å². The molecular weight excluding hydrogens is 398 g/mol. The maximum atomic E-state index is 5.08. The van der Waals surface area contributed by atoms with Crippen LogP contribution in [-0.4, -0.2) is 69.4 Å². The van der Waals surface area contributed by atoms with Crippen LogP contribution in [0.25, 0.3) is 16.6 Å². The number of nitrogens with zero attached hydrogens (tertiary/aromatic N) is 6. The van der Waals surface area contributed by atoms with Crippen LogP contribution in [0.5, 0.6) is 0 Å². The van der Waals surface area contributed by atoms with E-state index >= 15 is 0 Å². The zero-order valence-corrected chi connectivity index (χ0v) is 18.9. The van der Waals surface area contributed by atoms with Crippen LogP contribution in [0.4, 0.5) is 5.69 Å². The summed E-state index contributed by atoms with van der Waals surface area (Å²) in [5.74, 6) is 1.08. The van der Waals surface area contributed by atoms with Crippen molar-refractivity contribution < 1.29 is 0 Å². The largest absolute Gasteiger partial charge is 0.367 e. The highest BCUT2D eigenvalue weighted by Crippen LogP contribution is 2.41. The summed E-state index contributed by atoms with van der Waals surface area (Å²) in [5, 5.41) is 0. The van der Waals surface area contributed by atoms with Gasteiger partial charge >= 0.3 is 0 Å². The number of anilines is 1. The van der Waals surface area contributed by atoms with E-state index in [1.54, 1.807) is 0 Å².